The van der Waals surface area contributed by atoms with Crippen LogP contribution in [0, 0.1) is 0 Å². The molecule has 34 heavy (non-hydrogen) atoms. The average Bonchev–Trinajstić information content (AvgIpc) is 3.13. The maximum absolute atomic E-state index is 13.2. The van der Waals surface area contributed by atoms with Gasteiger partial charge in [0.1, 0.15) is 5.76 Å². The monoisotopic (exact) mass is 457 g/mol. The van der Waals surface area contributed by atoms with Gasteiger partial charge in [0.15, 0.2) is 11.5 Å². The summed E-state index contributed by atoms with van der Waals surface area (Å²) in [6.45, 7) is 2.67. The molecule has 1 fully saturated rings. The first kappa shape index (κ1) is 23.1. The molecule has 1 aliphatic heterocycles. The van der Waals surface area contributed by atoms with E-state index in [2.05, 4.69) is 0 Å². The Morgan fingerprint density at radius 1 is 0.941 bits per heavy atom. The molecule has 3 aromatic rings. The summed E-state index contributed by atoms with van der Waals surface area (Å²) in [5.74, 6) is -0.469. The van der Waals surface area contributed by atoms with Gasteiger partial charge in [-0.05, 0) is 36.6 Å². The van der Waals surface area contributed by atoms with Gasteiger partial charge >= 0.3 is 0 Å². The third-order valence-corrected chi connectivity index (χ3v) is 5.87. The average molecular weight is 458 g/mol. The van der Waals surface area contributed by atoms with Gasteiger partial charge in [0.2, 0.25) is 0 Å². The molecule has 0 radical (unpaired) electrons. The van der Waals surface area contributed by atoms with E-state index in [1.165, 1.54) is 12.0 Å². The lowest BCUT2D eigenvalue weighted by molar-refractivity contribution is -0.139. The molecule has 1 aliphatic rings. The molecule has 0 bridgehead atoms. The number of amides is 1. The summed E-state index contributed by atoms with van der Waals surface area (Å²) in [6.07, 6.45) is 0.573. The van der Waals surface area contributed by atoms with Gasteiger partial charge in [-0.2, -0.15) is 0 Å². The Balaban J connectivity index is 1.81. The van der Waals surface area contributed by atoms with Crippen LogP contribution in [0.4, 0.5) is 0 Å². The first-order valence-corrected chi connectivity index (χ1v) is 11.2. The molecule has 174 valence electrons. The number of Topliss-reactive ketones (excluding diaryl/α,β-unsaturated/α-hetero) is 1. The van der Waals surface area contributed by atoms with E-state index in [0.29, 0.717) is 42.2 Å². The van der Waals surface area contributed by atoms with Crippen LogP contribution >= 0.6 is 0 Å². The van der Waals surface area contributed by atoms with E-state index < -0.39 is 17.7 Å². The Bertz CT molecular complexity index is 1200. The summed E-state index contributed by atoms with van der Waals surface area (Å²) in [6, 6.07) is 23.1. The fraction of sp³-hybridized carbons (Fsp3) is 0.214. The lowest BCUT2D eigenvalue weighted by Crippen LogP contribution is -2.31. The van der Waals surface area contributed by atoms with Crippen LogP contribution in [0.1, 0.15) is 29.7 Å². The number of aliphatic hydroxyl groups is 1. The van der Waals surface area contributed by atoms with Crippen molar-refractivity contribution in [2.75, 3.05) is 20.3 Å². The molecule has 4 rings (SSSR count). The van der Waals surface area contributed by atoms with Crippen LogP contribution in [0.15, 0.2) is 84.4 Å². The van der Waals surface area contributed by atoms with Crippen molar-refractivity contribution >= 4 is 17.4 Å². The minimum atomic E-state index is -0.756. The van der Waals surface area contributed by atoms with Gasteiger partial charge in [0.25, 0.3) is 11.7 Å². The first-order valence-electron chi connectivity index (χ1n) is 11.2. The van der Waals surface area contributed by atoms with E-state index in [0.717, 1.165) is 5.56 Å². The minimum Gasteiger partial charge on any atom is -0.507 e. The summed E-state index contributed by atoms with van der Waals surface area (Å²) in [4.78, 5) is 27.9. The molecular weight excluding hydrogens is 430 g/mol. The van der Waals surface area contributed by atoms with Gasteiger partial charge < -0.3 is 19.5 Å². The molecule has 0 spiro atoms. The van der Waals surface area contributed by atoms with Gasteiger partial charge in [-0.15, -0.1) is 0 Å². The molecule has 1 atom stereocenters. The largest absolute Gasteiger partial charge is 0.507 e. The van der Waals surface area contributed by atoms with Crippen LogP contribution < -0.4 is 9.47 Å². The molecule has 6 heteroatoms. The molecule has 0 aromatic heterocycles. The normalized spacial score (nSPS) is 17.1. The Kier molecular flexibility index (Phi) is 6.97. The van der Waals surface area contributed by atoms with Crippen molar-refractivity contribution in [3.05, 3.63) is 101 Å². The summed E-state index contributed by atoms with van der Waals surface area (Å²) >= 11 is 0. The third-order valence-electron chi connectivity index (χ3n) is 5.87. The standard InChI is InChI=1S/C28H27NO5/c1-3-34-22-15-14-21(18-23(22)33-2)25-24(26(30)20-12-8-5-9-13-20)27(31)28(32)29(25)17-16-19-10-6-4-7-11-19/h4-15,18,25,30H,3,16-17H2,1-2H3/b26-24+. The number of likely N-dealkylation sites (tertiary alicyclic amines) is 1. The molecular formula is C28H27NO5. The van der Waals surface area contributed by atoms with Crippen LogP contribution in [-0.2, 0) is 16.0 Å². The predicted molar refractivity (Wildman–Crippen MR) is 130 cm³/mol. The Hall–Kier alpha value is -4.06. The van der Waals surface area contributed by atoms with Gasteiger partial charge in [-0.1, -0.05) is 66.7 Å². The molecule has 0 saturated carbocycles. The summed E-state index contributed by atoms with van der Waals surface area (Å²) in [5, 5.41) is 11.1. The highest BCUT2D eigenvalue weighted by Crippen LogP contribution is 2.42. The summed E-state index contributed by atoms with van der Waals surface area (Å²) in [5.41, 5.74) is 2.25. The number of benzene rings is 3. The van der Waals surface area contributed by atoms with E-state index >= 15 is 0 Å². The zero-order chi connectivity index (χ0) is 24.1. The molecule has 0 aliphatic carbocycles. The number of carbonyl (C=O) groups is 2. The number of rotatable bonds is 8. The van der Waals surface area contributed by atoms with E-state index in [-0.39, 0.29) is 11.3 Å². The van der Waals surface area contributed by atoms with Crippen molar-refractivity contribution < 1.29 is 24.2 Å². The Morgan fingerprint density at radius 2 is 1.62 bits per heavy atom. The number of methoxy groups -OCH3 is 1. The second kappa shape index (κ2) is 10.3. The molecule has 1 heterocycles. The highest BCUT2D eigenvalue weighted by atomic mass is 16.5. The second-order valence-electron chi connectivity index (χ2n) is 7.94. The van der Waals surface area contributed by atoms with Crippen molar-refractivity contribution in [2.24, 2.45) is 0 Å². The van der Waals surface area contributed by atoms with Gasteiger partial charge in [0.05, 0.1) is 25.3 Å². The molecule has 6 nitrogen and oxygen atoms in total. The van der Waals surface area contributed by atoms with E-state index in [1.807, 2.05) is 43.3 Å². The summed E-state index contributed by atoms with van der Waals surface area (Å²) in [7, 11) is 1.54. The maximum Gasteiger partial charge on any atom is 0.295 e. The van der Waals surface area contributed by atoms with Crippen LogP contribution in [0.2, 0.25) is 0 Å². The fourth-order valence-corrected chi connectivity index (χ4v) is 4.23. The Labute approximate surface area is 199 Å². The molecule has 3 aromatic carbocycles. The maximum atomic E-state index is 13.2. The smallest absolute Gasteiger partial charge is 0.295 e. The first-order chi connectivity index (χ1) is 16.5. The van der Waals surface area contributed by atoms with E-state index in [1.54, 1.807) is 42.5 Å². The third kappa shape index (κ3) is 4.53. The van der Waals surface area contributed by atoms with Crippen LogP contribution in [-0.4, -0.2) is 42.0 Å². The summed E-state index contributed by atoms with van der Waals surface area (Å²) < 4.78 is 11.1. The zero-order valence-electron chi connectivity index (χ0n) is 19.2. The van der Waals surface area contributed by atoms with E-state index in [4.69, 9.17) is 9.47 Å². The molecule has 1 unspecified atom stereocenters. The number of hydrogen-bond donors (Lipinski definition) is 1. The number of ketones is 1. The van der Waals surface area contributed by atoms with Crippen molar-refractivity contribution in [1.82, 2.24) is 4.90 Å². The highest BCUT2D eigenvalue weighted by Gasteiger charge is 2.46. The number of carbonyl (C=O) groups excluding carboxylic acids is 2. The highest BCUT2D eigenvalue weighted by molar-refractivity contribution is 6.46. The zero-order valence-corrected chi connectivity index (χ0v) is 19.2. The van der Waals surface area contributed by atoms with Crippen LogP contribution in [0.3, 0.4) is 0 Å². The van der Waals surface area contributed by atoms with Crippen molar-refractivity contribution in [3.8, 4) is 11.5 Å². The number of nitrogens with zero attached hydrogens (tertiary/aromatic N) is 1. The van der Waals surface area contributed by atoms with Gasteiger partial charge in [0, 0.05) is 12.1 Å². The van der Waals surface area contributed by atoms with Crippen molar-refractivity contribution in [2.45, 2.75) is 19.4 Å². The van der Waals surface area contributed by atoms with Crippen molar-refractivity contribution in [3.63, 3.8) is 0 Å². The van der Waals surface area contributed by atoms with Crippen molar-refractivity contribution in [1.29, 1.82) is 0 Å². The molecule has 1 amide bonds. The van der Waals surface area contributed by atoms with Gasteiger partial charge in [-0.25, -0.2) is 0 Å². The fourth-order valence-electron chi connectivity index (χ4n) is 4.23. The SMILES string of the molecule is CCOc1ccc(C2/C(=C(\O)c3ccccc3)C(=O)C(=O)N2CCc2ccccc2)cc1OC. The number of aliphatic hydroxyl groups excluding tert-OH is 1. The number of ether oxygens (including phenoxy) is 2. The van der Waals surface area contributed by atoms with Crippen LogP contribution in [0.25, 0.3) is 5.76 Å². The minimum absolute atomic E-state index is 0.0653. The topological polar surface area (TPSA) is 76.1 Å². The van der Waals surface area contributed by atoms with E-state index in [9.17, 15) is 14.7 Å². The number of hydrogen-bond acceptors (Lipinski definition) is 5. The molecule has 1 N–H and O–H groups in total. The quantitative estimate of drug-likeness (QED) is 0.300. The van der Waals surface area contributed by atoms with Gasteiger partial charge in [-0.3, -0.25) is 9.59 Å². The lowest BCUT2D eigenvalue weighted by Gasteiger charge is -2.26. The molecule has 1 saturated heterocycles. The van der Waals surface area contributed by atoms with Crippen LogP contribution in [0.5, 0.6) is 11.5 Å². The lowest BCUT2D eigenvalue weighted by atomic mass is 9.95. The predicted octanol–water partition coefficient (Wildman–Crippen LogP) is 4.76. The second-order valence-corrected chi connectivity index (χ2v) is 7.94. The Morgan fingerprint density at radius 3 is 2.26 bits per heavy atom.